The average molecular weight is 422 g/mol. The van der Waals surface area contributed by atoms with Crippen molar-refractivity contribution in [2.24, 2.45) is 0 Å². The van der Waals surface area contributed by atoms with E-state index in [1.807, 2.05) is 0 Å². The van der Waals surface area contributed by atoms with Gasteiger partial charge >= 0.3 is 5.91 Å². The van der Waals surface area contributed by atoms with Crippen LogP contribution in [0.5, 0.6) is 0 Å². The Labute approximate surface area is 174 Å². The van der Waals surface area contributed by atoms with Gasteiger partial charge in [-0.05, 0) is 12.5 Å². The number of aliphatic hydroxyl groups excluding tert-OH is 1. The lowest BCUT2D eigenvalue weighted by atomic mass is 9.95. The molecule has 0 saturated carbocycles. The van der Waals surface area contributed by atoms with Gasteiger partial charge in [-0.3, -0.25) is 24.6 Å². The molecule has 4 rings (SSSR count). The number of hydrogen-bond acceptors (Lipinski definition) is 8. The zero-order valence-electron chi connectivity index (χ0n) is 15.6. The highest BCUT2D eigenvalue weighted by Crippen LogP contribution is 2.43. The van der Waals surface area contributed by atoms with Crippen molar-refractivity contribution in [2.45, 2.75) is 13.0 Å². The fourth-order valence-electron chi connectivity index (χ4n) is 3.29. The van der Waals surface area contributed by atoms with Crippen molar-refractivity contribution in [1.82, 2.24) is 10.2 Å². The largest absolute Gasteiger partial charge is 0.507 e. The summed E-state index contributed by atoms with van der Waals surface area (Å²) in [4.78, 5) is 37.6. The molecule has 1 atom stereocenters. The quantitative estimate of drug-likeness (QED) is 0.224. The lowest BCUT2D eigenvalue weighted by Crippen LogP contribution is -2.29. The predicted octanol–water partition coefficient (Wildman–Crippen LogP) is 3.38. The molecule has 1 aliphatic rings. The van der Waals surface area contributed by atoms with Crippen LogP contribution in [-0.4, -0.2) is 31.9 Å². The minimum Gasteiger partial charge on any atom is -0.507 e. The molecule has 150 valence electrons. The van der Waals surface area contributed by atoms with Crippen molar-refractivity contribution in [3.05, 3.63) is 86.4 Å². The molecule has 0 unspecified atom stereocenters. The first-order chi connectivity index (χ1) is 14.4. The molecule has 2 heterocycles. The normalized spacial score (nSPS) is 18.0. The number of anilines is 1. The molecule has 0 radical (unpaired) electrons. The average Bonchev–Trinajstić information content (AvgIpc) is 3.29. The van der Waals surface area contributed by atoms with Crippen molar-refractivity contribution in [2.75, 3.05) is 4.90 Å². The van der Waals surface area contributed by atoms with Gasteiger partial charge in [0.15, 0.2) is 0 Å². The Morgan fingerprint density at radius 3 is 2.50 bits per heavy atom. The third kappa shape index (κ3) is 3.22. The van der Waals surface area contributed by atoms with Crippen molar-refractivity contribution in [3.8, 4) is 0 Å². The van der Waals surface area contributed by atoms with Gasteiger partial charge in [-0.15, -0.1) is 10.2 Å². The Morgan fingerprint density at radius 1 is 1.13 bits per heavy atom. The first-order valence-corrected chi connectivity index (χ1v) is 9.61. The number of Topliss-reactive ketones (excluding diaryl/α,β-unsaturated/α-hetero) is 1. The van der Waals surface area contributed by atoms with Crippen LogP contribution < -0.4 is 4.90 Å². The summed E-state index contributed by atoms with van der Waals surface area (Å²) in [6, 6.07) is 12.8. The Morgan fingerprint density at radius 2 is 1.87 bits per heavy atom. The Balaban J connectivity index is 1.97. The summed E-state index contributed by atoms with van der Waals surface area (Å²) in [5, 5.41) is 30.8. The number of benzene rings is 2. The highest BCUT2D eigenvalue weighted by Gasteiger charge is 2.48. The lowest BCUT2D eigenvalue weighted by molar-refractivity contribution is -0.384. The molecule has 0 spiro atoms. The van der Waals surface area contributed by atoms with Crippen LogP contribution in [-0.2, 0) is 9.59 Å². The summed E-state index contributed by atoms with van der Waals surface area (Å²) in [5.74, 6) is -2.16. The summed E-state index contributed by atoms with van der Waals surface area (Å²) in [7, 11) is 0. The van der Waals surface area contributed by atoms with E-state index in [1.54, 1.807) is 43.3 Å². The second-order valence-corrected chi connectivity index (χ2v) is 7.65. The number of aliphatic hydroxyl groups is 1. The third-order valence-electron chi connectivity index (χ3n) is 4.61. The second-order valence-electron chi connectivity index (χ2n) is 6.49. The molecule has 0 bridgehead atoms. The fourth-order valence-corrected chi connectivity index (χ4v) is 4.00. The maximum absolute atomic E-state index is 12.9. The van der Waals surface area contributed by atoms with Crippen LogP contribution in [0.15, 0.2) is 60.2 Å². The van der Waals surface area contributed by atoms with Gasteiger partial charge in [0.2, 0.25) is 5.13 Å². The van der Waals surface area contributed by atoms with Crippen LogP contribution >= 0.6 is 11.3 Å². The summed E-state index contributed by atoms with van der Waals surface area (Å²) < 4.78 is 0. The molecule has 9 nitrogen and oxygen atoms in total. The number of ketones is 1. The van der Waals surface area contributed by atoms with Gasteiger partial charge in [-0.25, -0.2) is 0 Å². The van der Waals surface area contributed by atoms with Crippen molar-refractivity contribution >= 4 is 39.6 Å². The third-order valence-corrected chi connectivity index (χ3v) is 5.45. The molecule has 1 aromatic heterocycles. The van der Waals surface area contributed by atoms with Crippen LogP contribution in [0, 0.1) is 17.0 Å². The zero-order chi connectivity index (χ0) is 21.4. The molecule has 1 amide bonds. The minimum atomic E-state index is -1.09. The van der Waals surface area contributed by atoms with Crippen LogP contribution in [0.3, 0.4) is 0 Å². The molecule has 10 heteroatoms. The summed E-state index contributed by atoms with van der Waals surface area (Å²) in [5.41, 5.74) is 0.277. The number of hydrogen-bond donors (Lipinski definition) is 1. The monoisotopic (exact) mass is 422 g/mol. The molecule has 0 aliphatic carbocycles. The maximum atomic E-state index is 12.9. The maximum Gasteiger partial charge on any atom is 0.301 e. The van der Waals surface area contributed by atoms with Gasteiger partial charge in [0.25, 0.3) is 11.5 Å². The van der Waals surface area contributed by atoms with Crippen LogP contribution in [0.1, 0.15) is 22.2 Å². The van der Waals surface area contributed by atoms with Crippen LogP contribution in [0.25, 0.3) is 5.76 Å². The van der Waals surface area contributed by atoms with E-state index in [1.165, 1.54) is 18.2 Å². The Hall–Kier alpha value is -3.92. The number of nitro benzene ring substituents is 1. The molecule has 30 heavy (non-hydrogen) atoms. The number of nitrogens with zero attached hydrogens (tertiary/aromatic N) is 4. The zero-order valence-corrected chi connectivity index (χ0v) is 16.4. The lowest BCUT2D eigenvalue weighted by Gasteiger charge is -2.22. The minimum absolute atomic E-state index is 0.165. The van der Waals surface area contributed by atoms with E-state index in [-0.39, 0.29) is 22.2 Å². The van der Waals surface area contributed by atoms with E-state index in [9.17, 15) is 24.8 Å². The number of nitro groups is 1. The molecule has 1 fully saturated rings. The van der Waals surface area contributed by atoms with E-state index in [0.29, 0.717) is 16.1 Å². The van der Waals surface area contributed by atoms with Gasteiger partial charge in [-0.2, -0.15) is 0 Å². The highest BCUT2D eigenvalue weighted by atomic mass is 32.1. The summed E-state index contributed by atoms with van der Waals surface area (Å²) in [6.07, 6.45) is 0. The van der Waals surface area contributed by atoms with Crippen LogP contribution in [0.4, 0.5) is 10.8 Å². The first kappa shape index (κ1) is 19.4. The number of carbonyl (C=O) groups excluding carboxylic acids is 2. The Bertz CT molecular complexity index is 1200. The van der Waals surface area contributed by atoms with Gasteiger partial charge < -0.3 is 5.11 Å². The van der Waals surface area contributed by atoms with Gasteiger partial charge in [-0.1, -0.05) is 53.8 Å². The Kier molecular flexibility index (Phi) is 4.84. The molecular weight excluding hydrogens is 408 g/mol. The SMILES string of the molecule is Cc1nnc(N2C(=O)C(=O)C(=C(O)c3ccccc3)[C@H]2c2cccc([N+](=O)[O-])c2)s1. The van der Waals surface area contributed by atoms with E-state index < -0.39 is 22.7 Å². The van der Waals surface area contributed by atoms with E-state index in [0.717, 1.165) is 16.2 Å². The predicted molar refractivity (Wildman–Crippen MR) is 109 cm³/mol. The van der Waals surface area contributed by atoms with Crippen molar-refractivity contribution in [3.63, 3.8) is 0 Å². The van der Waals surface area contributed by atoms with Crippen molar-refractivity contribution in [1.29, 1.82) is 0 Å². The molecule has 3 aromatic rings. The number of amides is 1. The summed E-state index contributed by atoms with van der Waals surface area (Å²) in [6.45, 7) is 1.70. The summed E-state index contributed by atoms with van der Waals surface area (Å²) >= 11 is 1.10. The smallest absolute Gasteiger partial charge is 0.301 e. The van der Waals surface area contributed by atoms with E-state index >= 15 is 0 Å². The molecule has 1 saturated heterocycles. The standard InChI is InChI=1S/C20H14N4O5S/c1-11-21-22-20(30-11)23-16(13-8-5-9-14(10-13)24(28)29)15(18(26)19(23)27)17(25)12-6-3-2-4-7-12/h2-10,16,25H,1H3/t16-/m1/s1. The van der Waals surface area contributed by atoms with Gasteiger partial charge in [0, 0.05) is 17.7 Å². The number of aromatic nitrogens is 2. The first-order valence-electron chi connectivity index (χ1n) is 8.79. The second kappa shape index (κ2) is 7.48. The number of aryl methyl sites for hydroxylation is 1. The molecule has 1 N–H and O–H groups in total. The molecule has 1 aliphatic heterocycles. The number of carbonyl (C=O) groups is 2. The topological polar surface area (TPSA) is 127 Å². The molecule has 2 aromatic carbocycles. The van der Waals surface area contributed by atoms with Crippen LogP contribution in [0.2, 0.25) is 0 Å². The number of non-ortho nitro benzene ring substituents is 1. The van der Waals surface area contributed by atoms with Gasteiger partial charge in [0.1, 0.15) is 10.8 Å². The highest BCUT2D eigenvalue weighted by molar-refractivity contribution is 7.15. The molecular formula is C20H14N4O5S. The van der Waals surface area contributed by atoms with E-state index in [2.05, 4.69) is 10.2 Å². The fraction of sp³-hybridized carbons (Fsp3) is 0.100. The number of rotatable bonds is 4. The van der Waals surface area contributed by atoms with Gasteiger partial charge in [0.05, 0.1) is 16.5 Å². The van der Waals surface area contributed by atoms with E-state index in [4.69, 9.17) is 0 Å². The van der Waals surface area contributed by atoms with Crippen molar-refractivity contribution < 1.29 is 19.6 Å².